The zero-order valence-corrected chi connectivity index (χ0v) is 19.3. The van der Waals surface area contributed by atoms with Crippen LogP contribution in [0.15, 0.2) is 84.2 Å². The molecule has 9 heteroatoms. The Labute approximate surface area is 198 Å². The molecular formula is C23H19IN6O2. The van der Waals surface area contributed by atoms with Crippen LogP contribution in [0.1, 0.15) is 28.4 Å². The van der Waals surface area contributed by atoms with Crippen molar-refractivity contribution in [2.75, 3.05) is 0 Å². The fraction of sp³-hybridized carbons (Fsp3) is 0.0870. The van der Waals surface area contributed by atoms with Gasteiger partial charge in [-0.25, -0.2) is 10.1 Å². The number of nitrogens with zero attached hydrogens (tertiary/aromatic N) is 5. The average Bonchev–Trinajstić information content (AvgIpc) is 3.37. The number of benzene rings is 3. The van der Waals surface area contributed by atoms with Crippen LogP contribution < -0.4 is 10.2 Å². The Hall–Kier alpha value is -3.60. The molecule has 0 aliphatic rings. The largest absolute Gasteiger partial charge is 0.489 e. The maximum absolute atomic E-state index is 12.6. The molecule has 0 saturated heterocycles. The van der Waals surface area contributed by atoms with Gasteiger partial charge in [-0.1, -0.05) is 24.3 Å². The zero-order valence-electron chi connectivity index (χ0n) is 17.1. The van der Waals surface area contributed by atoms with E-state index >= 15 is 0 Å². The Balaban J connectivity index is 1.37. The van der Waals surface area contributed by atoms with E-state index in [-0.39, 0.29) is 5.91 Å². The summed E-state index contributed by atoms with van der Waals surface area (Å²) >= 11 is 2.25. The van der Waals surface area contributed by atoms with Gasteiger partial charge in [0.25, 0.3) is 5.91 Å². The molecule has 0 unspecified atom stereocenters. The summed E-state index contributed by atoms with van der Waals surface area (Å²) in [6.07, 6.45) is 1.52. The molecule has 3 aromatic carbocycles. The molecule has 0 aliphatic heterocycles. The van der Waals surface area contributed by atoms with Crippen molar-refractivity contribution in [3.05, 3.63) is 99.4 Å². The van der Waals surface area contributed by atoms with Crippen molar-refractivity contribution < 1.29 is 9.53 Å². The van der Waals surface area contributed by atoms with Crippen molar-refractivity contribution in [1.82, 2.24) is 25.6 Å². The number of carbonyl (C=O) groups excluding carboxylic acids is 1. The lowest BCUT2D eigenvalue weighted by molar-refractivity contribution is 0.0954. The van der Waals surface area contributed by atoms with Crippen LogP contribution in [0.3, 0.4) is 0 Å². The van der Waals surface area contributed by atoms with Gasteiger partial charge in [0, 0.05) is 9.13 Å². The standard InChI is InChI=1S/C23H19IN6O2/c1-16(18-5-9-21(10-6-18)30-15-25-28-29-30)26-27-23(31)19-4-2-3-17(13-19)14-32-22-11-7-20(24)8-12-22/h2-13,15H,14H2,1H3,(H,27,31)/b26-16+. The highest BCUT2D eigenvalue weighted by Crippen LogP contribution is 2.16. The highest BCUT2D eigenvalue weighted by atomic mass is 127. The Morgan fingerprint density at radius 3 is 2.56 bits per heavy atom. The maximum Gasteiger partial charge on any atom is 0.271 e. The summed E-state index contributed by atoms with van der Waals surface area (Å²) in [5.74, 6) is 0.498. The minimum absolute atomic E-state index is 0.286. The van der Waals surface area contributed by atoms with E-state index in [1.807, 2.05) is 67.6 Å². The summed E-state index contributed by atoms with van der Waals surface area (Å²) in [4.78, 5) is 12.6. The van der Waals surface area contributed by atoms with Gasteiger partial charge in [0.15, 0.2) is 0 Å². The third-order valence-electron chi connectivity index (χ3n) is 4.63. The van der Waals surface area contributed by atoms with Gasteiger partial charge in [0.2, 0.25) is 0 Å². The van der Waals surface area contributed by atoms with E-state index in [2.05, 4.69) is 48.6 Å². The number of hydrazone groups is 1. The van der Waals surface area contributed by atoms with Crippen molar-refractivity contribution >= 4 is 34.2 Å². The second-order valence-corrected chi connectivity index (χ2v) is 8.13. The van der Waals surface area contributed by atoms with E-state index in [0.717, 1.165) is 26.1 Å². The Kier molecular flexibility index (Phi) is 6.85. The monoisotopic (exact) mass is 538 g/mol. The number of nitrogens with one attached hydrogen (secondary N) is 1. The van der Waals surface area contributed by atoms with E-state index < -0.39 is 0 Å². The lowest BCUT2D eigenvalue weighted by atomic mass is 10.1. The molecule has 4 aromatic rings. The molecule has 1 heterocycles. The summed E-state index contributed by atoms with van der Waals surface area (Å²) < 4.78 is 8.51. The predicted octanol–water partition coefficient (Wildman–Crippen LogP) is 4.00. The van der Waals surface area contributed by atoms with E-state index in [1.165, 1.54) is 6.33 Å². The first-order valence-electron chi connectivity index (χ1n) is 9.74. The van der Waals surface area contributed by atoms with Crippen LogP contribution in [0, 0.1) is 3.57 Å². The van der Waals surface area contributed by atoms with E-state index in [0.29, 0.717) is 17.9 Å². The van der Waals surface area contributed by atoms with Gasteiger partial charge in [0.1, 0.15) is 18.7 Å². The first kappa shape index (κ1) is 21.6. The van der Waals surface area contributed by atoms with Gasteiger partial charge in [-0.15, -0.1) is 5.10 Å². The smallest absolute Gasteiger partial charge is 0.271 e. The Morgan fingerprint density at radius 1 is 1.06 bits per heavy atom. The van der Waals surface area contributed by atoms with Crippen molar-refractivity contribution in [3.8, 4) is 11.4 Å². The van der Waals surface area contributed by atoms with Gasteiger partial charge in [-0.05, 0) is 99.6 Å². The summed E-state index contributed by atoms with van der Waals surface area (Å²) in [6.45, 7) is 2.20. The quantitative estimate of drug-likeness (QED) is 0.218. The molecule has 1 amide bonds. The third-order valence-corrected chi connectivity index (χ3v) is 5.35. The lowest BCUT2D eigenvalue weighted by Gasteiger charge is -2.08. The van der Waals surface area contributed by atoms with Crippen molar-refractivity contribution in [1.29, 1.82) is 0 Å². The van der Waals surface area contributed by atoms with Gasteiger partial charge >= 0.3 is 0 Å². The minimum atomic E-state index is -0.286. The number of ether oxygens (including phenoxy) is 1. The molecule has 160 valence electrons. The van der Waals surface area contributed by atoms with Crippen LogP contribution in [-0.2, 0) is 6.61 Å². The number of aromatic nitrogens is 4. The maximum atomic E-state index is 12.6. The molecule has 0 atom stereocenters. The minimum Gasteiger partial charge on any atom is -0.489 e. The molecular weight excluding hydrogens is 519 g/mol. The molecule has 0 radical (unpaired) electrons. The summed E-state index contributed by atoms with van der Waals surface area (Å²) in [5.41, 5.74) is 6.42. The summed E-state index contributed by atoms with van der Waals surface area (Å²) in [7, 11) is 0. The van der Waals surface area contributed by atoms with E-state index in [1.54, 1.807) is 16.8 Å². The van der Waals surface area contributed by atoms with Gasteiger partial charge in [-0.2, -0.15) is 5.10 Å². The van der Waals surface area contributed by atoms with Gasteiger partial charge in [-0.3, -0.25) is 4.79 Å². The molecule has 0 spiro atoms. The van der Waals surface area contributed by atoms with Gasteiger partial charge in [0.05, 0.1) is 11.4 Å². The lowest BCUT2D eigenvalue weighted by Crippen LogP contribution is -2.19. The normalized spacial score (nSPS) is 11.2. The molecule has 0 saturated carbocycles. The molecule has 0 bridgehead atoms. The van der Waals surface area contributed by atoms with Crippen molar-refractivity contribution in [2.24, 2.45) is 5.10 Å². The molecule has 1 aromatic heterocycles. The van der Waals surface area contributed by atoms with Crippen LogP contribution in [0.5, 0.6) is 5.75 Å². The molecule has 8 nitrogen and oxygen atoms in total. The predicted molar refractivity (Wildman–Crippen MR) is 129 cm³/mol. The number of rotatable bonds is 7. The van der Waals surface area contributed by atoms with Crippen molar-refractivity contribution in [2.45, 2.75) is 13.5 Å². The number of hydrogen-bond acceptors (Lipinski definition) is 6. The fourth-order valence-corrected chi connectivity index (χ4v) is 3.26. The average molecular weight is 538 g/mol. The molecule has 0 aliphatic carbocycles. The number of halogens is 1. The second-order valence-electron chi connectivity index (χ2n) is 6.88. The molecule has 4 rings (SSSR count). The zero-order chi connectivity index (χ0) is 22.3. The van der Waals surface area contributed by atoms with E-state index in [4.69, 9.17) is 4.74 Å². The number of tetrazole rings is 1. The van der Waals surface area contributed by atoms with E-state index in [9.17, 15) is 4.79 Å². The van der Waals surface area contributed by atoms with Crippen LogP contribution in [0.4, 0.5) is 0 Å². The first-order valence-corrected chi connectivity index (χ1v) is 10.8. The highest BCUT2D eigenvalue weighted by Gasteiger charge is 2.07. The molecule has 32 heavy (non-hydrogen) atoms. The number of carbonyl (C=O) groups is 1. The van der Waals surface area contributed by atoms with Crippen LogP contribution in [0.25, 0.3) is 5.69 Å². The highest BCUT2D eigenvalue weighted by molar-refractivity contribution is 14.1. The van der Waals surface area contributed by atoms with Crippen molar-refractivity contribution in [3.63, 3.8) is 0 Å². The summed E-state index contributed by atoms with van der Waals surface area (Å²) in [5, 5.41) is 15.3. The first-order chi connectivity index (χ1) is 15.6. The summed E-state index contributed by atoms with van der Waals surface area (Å²) in [6, 6.07) is 22.7. The third kappa shape index (κ3) is 5.55. The van der Waals surface area contributed by atoms with Crippen LogP contribution in [0.2, 0.25) is 0 Å². The topological polar surface area (TPSA) is 94.3 Å². The van der Waals surface area contributed by atoms with Crippen LogP contribution >= 0.6 is 22.6 Å². The van der Waals surface area contributed by atoms with Crippen LogP contribution in [-0.4, -0.2) is 31.8 Å². The molecule has 0 fully saturated rings. The fourth-order valence-electron chi connectivity index (χ4n) is 2.90. The Bertz CT molecular complexity index is 1220. The number of amides is 1. The van der Waals surface area contributed by atoms with Gasteiger partial charge < -0.3 is 4.74 Å². The second kappa shape index (κ2) is 10.1. The SMILES string of the molecule is C/C(=N\NC(=O)c1cccc(COc2ccc(I)cc2)c1)c1ccc(-n2cnnn2)cc1. The Morgan fingerprint density at radius 2 is 1.84 bits per heavy atom. The molecule has 1 N–H and O–H groups in total. The number of hydrogen-bond donors (Lipinski definition) is 1.